The number of likely N-dealkylation sites (N-methyl/N-ethyl adjacent to an activating group) is 1. The zero-order valence-corrected chi connectivity index (χ0v) is 19.3. The Morgan fingerprint density at radius 3 is 2.38 bits per heavy atom. The lowest BCUT2D eigenvalue weighted by atomic mass is 9.93. The zero-order valence-electron chi connectivity index (χ0n) is 19.3. The number of benzene rings is 1. The van der Waals surface area contributed by atoms with Crippen molar-refractivity contribution >= 4 is 18.0 Å². The number of piperazine rings is 1. The lowest BCUT2D eigenvalue weighted by molar-refractivity contribution is -0.139. The molecule has 0 aliphatic carbocycles. The van der Waals surface area contributed by atoms with Gasteiger partial charge in [-0.15, -0.1) is 0 Å². The van der Waals surface area contributed by atoms with Crippen LogP contribution in [-0.4, -0.2) is 85.7 Å². The van der Waals surface area contributed by atoms with Crippen molar-refractivity contribution in [3.05, 3.63) is 46.7 Å². The molecule has 1 aromatic carbocycles. The molecular weight excluding hydrogens is 410 g/mol. The Kier molecular flexibility index (Phi) is 7.74. The van der Waals surface area contributed by atoms with Gasteiger partial charge < -0.3 is 20.3 Å². The van der Waals surface area contributed by atoms with Gasteiger partial charge in [-0.25, -0.2) is 14.4 Å². The van der Waals surface area contributed by atoms with Crippen molar-refractivity contribution in [2.75, 3.05) is 52.9 Å². The summed E-state index contributed by atoms with van der Waals surface area (Å²) in [6.45, 7) is 9.40. The Balaban J connectivity index is 1.88. The van der Waals surface area contributed by atoms with Crippen molar-refractivity contribution in [3.8, 4) is 0 Å². The number of rotatable bonds is 6. The molecule has 0 unspecified atom stereocenters. The van der Waals surface area contributed by atoms with Crippen molar-refractivity contribution in [2.45, 2.75) is 26.8 Å². The summed E-state index contributed by atoms with van der Waals surface area (Å²) in [4.78, 5) is 43.3. The van der Waals surface area contributed by atoms with Crippen LogP contribution in [0.1, 0.15) is 31.0 Å². The van der Waals surface area contributed by atoms with Gasteiger partial charge in [-0.1, -0.05) is 29.8 Å². The third-order valence-corrected chi connectivity index (χ3v) is 5.84. The van der Waals surface area contributed by atoms with Gasteiger partial charge in [-0.3, -0.25) is 9.80 Å². The fourth-order valence-electron chi connectivity index (χ4n) is 3.99. The number of carbonyl (C=O) groups excluding carboxylic acids is 3. The fraction of sp³-hybridized carbons (Fsp3) is 0.522. The summed E-state index contributed by atoms with van der Waals surface area (Å²) in [6, 6.07) is 6.86. The molecule has 3 rings (SSSR count). The van der Waals surface area contributed by atoms with E-state index in [1.165, 1.54) is 4.90 Å². The van der Waals surface area contributed by atoms with Crippen molar-refractivity contribution < 1.29 is 19.1 Å². The average molecular weight is 444 g/mol. The standard InChI is InChI=1S/C23H33N5O4/c1-5-24-22(30)28-13-11-27(12-14-28)15-18-19(21(29)32-6-2)20(25-23(31)26(18)4)17-9-7-16(3)8-10-17/h7-10,20H,5-6,11-15H2,1-4H3,(H,24,30)(H,25,31)/t20-/m1/s1. The summed E-state index contributed by atoms with van der Waals surface area (Å²) in [6.07, 6.45) is 0. The first kappa shape index (κ1) is 23.6. The third kappa shape index (κ3) is 5.21. The van der Waals surface area contributed by atoms with Crippen molar-refractivity contribution in [1.29, 1.82) is 0 Å². The maximum absolute atomic E-state index is 13.0. The quantitative estimate of drug-likeness (QED) is 0.655. The van der Waals surface area contributed by atoms with E-state index in [0.717, 1.165) is 11.1 Å². The Labute approximate surface area is 189 Å². The van der Waals surface area contributed by atoms with Crippen LogP contribution in [0.15, 0.2) is 35.5 Å². The highest BCUT2D eigenvalue weighted by atomic mass is 16.5. The van der Waals surface area contributed by atoms with E-state index in [-0.39, 0.29) is 18.7 Å². The van der Waals surface area contributed by atoms with Crippen LogP contribution in [0.25, 0.3) is 0 Å². The van der Waals surface area contributed by atoms with E-state index in [4.69, 9.17) is 4.74 Å². The van der Waals surface area contributed by atoms with E-state index in [0.29, 0.717) is 50.5 Å². The molecule has 0 bridgehead atoms. The lowest BCUT2D eigenvalue weighted by Crippen LogP contribution is -2.54. The molecule has 2 aliphatic rings. The average Bonchev–Trinajstić information content (AvgIpc) is 2.78. The number of carbonyl (C=O) groups is 3. The summed E-state index contributed by atoms with van der Waals surface area (Å²) in [5.41, 5.74) is 3.01. The topological polar surface area (TPSA) is 94.2 Å². The van der Waals surface area contributed by atoms with Gasteiger partial charge in [-0.05, 0) is 26.3 Å². The van der Waals surface area contributed by atoms with Gasteiger partial charge in [0, 0.05) is 52.0 Å². The van der Waals surface area contributed by atoms with Gasteiger partial charge in [0.05, 0.1) is 18.2 Å². The first-order valence-electron chi connectivity index (χ1n) is 11.1. The van der Waals surface area contributed by atoms with E-state index in [1.54, 1.807) is 18.9 Å². The van der Waals surface area contributed by atoms with E-state index in [1.807, 2.05) is 38.1 Å². The number of hydrogen-bond acceptors (Lipinski definition) is 5. The number of amides is 4. The summed E-state index contributed by atoms with van der Waals surface area (Å²) >= 11 is 0. The smallest absolute Gasteiger partial charge is 0.338 e. The molecule has 1 saturated heterocycles. The van der Waals surface area contributed by atoms with E-state index in [2.05, 4.69) is 15.5 Å². The number of aryl methyl sites for hydroxylation is 1. The second-order valence-electron chi connectivity index (χ2n) is 8.03. The van der Waals surface area contributed by atoms with Crippen LogP contribution in [0.3, 0.4) is 0 Å². The highest BCUT2D eigenvalue weighted by Gasteiger charge is 2.37. The number of hydrogen-bond donors (Lipinski definition) is 2. The van der Waals surface area contributed by atoms with Gasteiger partial charge >= 0.3 is 18.0 Å². The normalized spacial score (nSPS) is 19.6. The highest BCUT2D eigenvalue weighted by molar-refractivity contribution is 5.95. The zero-order chi connectivity index (χ0) is 23.3. The SMILES string of the molecule is CCNC(=O)N1CCN(CC2=C(C(=O)OCC)[C@@H](c3ccc(C)cc3)NC(=O)N2C)CC1. The Bertz CT molecular complexity index is 875. The number of nitrogens with zero attached hydrogens (tertiary/aromatic N) is 3. The molecule has 32 heavy (non-hydrogen) atoms. The highest BCUT2D eigenvalue weighted by Crippen LogP contribution is 2.31. The summed E-state index contributed by atoms with van der Waals surface area (Å²) in [5.74, 6) is -0.430. The van der Waals surface area contributed by atoms with Crippen LogP contribution in [0.4, 0.5) is 9.59 Å². The van der Waals surface area contributed by atoms with Crippen LogP contribution in [0.5, 0.6) is 0 Å². The molecule has 1 atom stereocenters. The van der Waals surface area contributed by atoms with Crippen molar-refractivity contribution in [1.82, 2.24) is 25.3 Å². The number of urea groups is 2. The minimum atomic E-state index is -0.579. The second-order valence-corrected chi connectivity index (χ2v) is 8.03. The predicted octanol–water partition coefficient (Wildman–Crippen LogP) is 1.86. The molecule has 174 valence electrons. The monoisotopic (exact) mass is 443 g/mol. The van der Waals surface area contributed by atoms with Crippen LogP contribution < -0.4 is 10.6 Å². The van der Waals surface area contributed by atoms with Crippen LogP contribution in [-0.2, 0) is 9.53 Å². The van der Waals surface area contributed by atoms with Crippen molar-refractivity contribution in [2.24, 2.45) is 0 Å². The molecule has 1 fully saturated rings. The summed E-state index contributed by atoms with van der Waals surface area (Å²) < 4.78 is 5.38. The molecule has 2 heterocycles. The first-order chi connectivity index (χ1) is 15.3. The van der Waals surface area contributed by atoms with Gasteiger partial charge in [0.1, 0.15) is 0 Å². The maximum Gasteiger partial charge on any atom is 0.338 e. The molecule has 0 radical (unpaired) electrons. The van der Waals surface area contributed by atoms with Crippen molar-refractivity contribution in [3.63, 3.8) is 0 Å². The molecule has 2 aliphatic heterocycles. The van der Waals surface area contributed by atoms with E-state index in [9.17, 15) is 14.4 Å². The summed E-state index contributed by atoms with van der Waals surface area (Å²) in [7, 11) is 1.67. The minimum Gasteiger partial charge on any atom is -0.463 e. The molecule has 2 N–H and O–H groups in total. The lowest BCUT2D eigenvalue weighted by Gasteiger charge is -2.39. The van der Waals surface area contributed by atoms with Gasteiger partial charge in [0.15, 0.2) is 0 Å². The largest absolute Gasteiger partial charge is 0.463 e. The van der Waals surface area contributed by atoms with Crippen LogP contribution in [0.2, 0.25) is 0 Å². The third-order valence-electron chi connectivity index (χ3n) is 5.84. The number of ether oxygens (including phenoxy) is 1. The first-order valence-corrected chi connectivity index (χ1v) is 11.1. The molecule has 9 heteroatoms. The molecule has 4 amide bonds. The Morgan fingerprint density at radius 2 is 1.78 bits per heavy atom. The molecule has 0 aromatic heterocycles. The Hall–Kier alpha value is -3.07. The van der Waals surface area contributed by atoms with Crippen LogP contribution in [0, 0.1) is 6.92 Å². The van der Waals surface area contributed by atoms with E-state index < -0.39 is 12.0 Å². The molecule has 1 aromatic rings. The number of esters is 1. The Morgan fingerprint density at radius 1 is 1.12 bits per heavy atom. The van der Waals surface area contributed by atoms with Gasteiger partial charge in [-0.2, -0.15) is 0 Å². The molecular formula is C23H33N5O4. The maximum atomic E-state index is 13.0. The molecule has 9 nitrogen and oxygen atoms in total. The molecule has 0 saturated carbocycles. The van der Waals surface area contributed by atoms with Gasteiger partial charge in [0.25, 0.3) is 0 Å². The minimum absolute atomic E-state index is 0.0628. The van der Waals surface area contributed by atoms with E-state index >= 15 is 0 Å². The predicted molar refractivity (Wildman–Crippen MR) is 121 cm³/mol. The van der Waals surface area contributed by atoms with Crippen LogP contribution >= 0.6 is 0 Å². The second kappa shape index (κ2) is 10.5. The molecule has 0 spiro atoms. The fourth-order valence-corrected chi connectivity index (χ4v) is 3.99. The number of nitrogens with one attached hydrogen (secondary N) is 2. The van der Waals surface area contributed by atoms with Gasteiger partial charge in [0.2, 0.25) is 0 Å². The summed E-state index contributed by atoms with van der Waals surface area (Å²) in [5, 5.41) is 5.77.